The van der Waals surface area contributed by atoms with Gasteiger partial charge in [-0.05, 0) is 96.5 Å². The third-order valence-electron chi connectivity index (χ3n) is 12.5. The minimum absolute atomic E-state index is 0.860. The Kier molecular flexibility index (Phi) is 8.53. The van der Waals surface area contributed by atoms with Crippen LogP contribution in [0.2, 0.25) is 0 Å². The summed E-state index contributed by atoms with van der Waals surface area (Å²) in [5.74, 6) is 0. The van der Waals surface area contributed by atoms with Gasteiger partial charge in [-0.3, -0.25) is 0 Å². The summed E-state index contributed by atoms with van der Waals surface area (Å²) >= 11 is 0. The number of hydrogen-bond donors (Lipinski definition) is 0. The van der Waals surface area contributed by atoms with Crippen LogP contribution >= 0.6 is 0 Å². The first-order valence-electron chi connectivity index (χ1n) is 21.3. The van der Waals surface area contributed by atoms with Crippen LogP contribution in [-0.4, -0.2) is 0 Å². The highest BCUT2D eigenvalue weighted by Crippen LogP contribution is 2.50. The summed E-state index contributed by atoms with van der Waals surface area (Å²) in [6.45, 7) is 0. The summed E-state index contributed by atoms with van der Waals surface area (Å²) in [6, 6.07) is 85.4. The SMILES string of the molecule is c1ccc(-c2ccc(-c3ccccc3N(c3ccccc3-c3ccc4c5ccccc5c5ccccc5c4c3)c3ccc(-c4ccccc4)c4oc5ccccc5c34)cc2)cc1. The van der Waals surface area contributed by atoms with Gasteiger partial charge in [-0.2, -0.15) is 0 Å². The summed E-state index contributed by atoms with van der Waals surface area (Å²) in [5, 5.41) is 9.71. The van der Waals surface area contributed by atoms with Crippen molar-refractivity contribution in [3.8, 4) is 44.5 Å². The lowest BCUT2D eigenvalue weighted by atomic mass is 9.91. The Morgan fingerprint density at radius 2 is 0.694 bits per heavy atom. The summed E-state index contributed by atoms with van der Waals surface area (Å²) in [7, 11) is 0. The van der Waals surface area contributed by atoms with E-state index in [1.165, 1.54) is 43.4 Å². The molecule has 0 amide bonds. The molecule has 0 fully saturated rings. The van der Waals surface area contributed by atoms with Gasteiger partial charge in [0.15, 0.2) is 0 Å². The third kappa shape index (κ3) is 5.88. The predicted molar refractivity (Wildman–Crippen MR) is 263 cm³/mol. The van der Waals surface area contributed by atoms with Gasteiger partial charge in [0.1, 0.15) is 11.2 Å². The second kappa shape index (κ2) is 14.8. The second-order valence-corrected chi connectivity index (χ2v) is 16.0. The predicted octanol–water partition coefficient (Wildman–Crippen LogP) is 17.2. The van der Waals surface area contributed by atoms with Gasteiger partial charge in [0.25, 0.3) is 0 Å². The quantitative estimate of drug-likeness (QED) is 0.150. The Bertz CT molecular complexity index is 3590. The first-order valence-corrected chi connectivity index (χ1v) is 21.3. The number of para-hydroxylation sites is 3. The van der Waals surface area contributed by atoms with E-state index in [1.54, 1.807) is 0 Å². The number of fused-ring (bicyclic) bond motifs is 9. The number of benzene rings is 11. The van der Waals surface area contributed by atoms with E-state index in [-0.39, 0.29) is 0 Å². The van der Waals surface area contributed by atoms with Gasteiger partial charge in [-0.25, -0.2) is 0 Å². The molecule has 290 valence electrons. The maximum Gasteiger partial charge on any atom is 0.145 e. The van der Waals surface area contributed by atoms with Gasteiger partial charge in [0.05, 0.1) is 22.4 Å². The van der Waals surface area contributed by atoms with Gasteiger partial charge in [0.2, 0.25) is 0 Å². The van der Waals surface area contributed by atoms with E-state index in [0.717, 1.165) is 72.4 Å². The number of nitrogens with zero attached hydrogens (tertiary/aromatic N) is 1. The maximum atomic E-state index is 6.88. The molecule has 0 aliphatic rings. The normalized spacial score (nSPS) is 11.5. The van der Waals surface area contributed by atoms with E-state index in [2.05, 4.69) is 241 Å². The molecule has 2 nitrogen and oxygen atoms in total. The maximum absolute atomic E-state index is 6.88. The molecule has 0 bridgehead atoms. The van der Waals surface area contributed by atoms with Crippen molar-refractivity contribution in [1.82, 2.24) is 0 Å². The average molecular weight is 790 g/mol. The van der Waals surface area contributed by atoms with Crippen LogP contribution in [0.15, 0.2) is 241 Å². The number of hydrogen-bond acceptors (Lipinski definition) is 2. The van der Waals surface area contributed by atoms with E-state index in [4.69, 9.17) is 4.42 Å². The van der Waals surface area contributed by atoms with Crippen molar-refractivity contribution < 1.29 is 4.42 Å². The Hall–Kier alpha value is -8.20. The third-order valence-corrected chi connectivity index (χ3v) is 12.5. The number of furan rings is 1. The number of rotatable bonds is 7. The molecule has 0 spiro atoms. The van der Waals surface area contributed by atoms with Crippen molar-refractivity contribution in [2.45, 2.75) is 0 Å². The van der Waals surface area contributed by atoms with Gasteiger partial charge in [0, 0.05) is 22.1 Å². The largest absolute Gasteiger partial charge is 0.455 e. The Morgan fingerprint density at radius 3 is 1.34 bits per heavy atom. The molecule has 0 atom stereocenters. The molecular formula is C60H39NO. The van der Waals surface area contributed by atoms with Crippen LogP contribution in [0.25, 0.3) is 98.8 Å². The lowest BCUT2D eigenvalue weighted by Gasteiger charge is -2.31. The van der Waals surface area contributed by atoms with Gasteiger partial charge in [-0.15, -0.1) is 0 Å². The minimum atomic E-state index is 0.860. The Labute approximate surface area is 360 Å². The van der Waals surface area contributed by atoms with Crippen LogP contribution in [0.1, 0.15) is 0 Å². The van der Waals surface area contributed by atoms with Crippen molar-refractivity contribution >= 4 is 71.3 Å². The molecule has 1 heterocycles. The monoisotopic (exact) mass is 789 g/mol. The standard InChI is InChI=1S/C60H39NO/c1-3-17-40(18-4-1)41-31-33-43(34-32-41)45-21-11-14-28-55(45)61(57-38-37-47(42-19-5-2-6-20-42)60-59(57)53-27-13-16-30-58(53)62-60)56-29-15-12-22-46(56)44-35-36-52-50-25-8-7-23-48(50)49-24-9-10-26-51(49)54(52)39-44/h1-39H. The van der Waals surface area contributed by atoms with E-state index < -0.39 is 0 Å². The fourth-order valence-electron chi connectivity index (χ4n) is 9.60. The van der Waals surface area contributed by atoms with Crippen molar-refractivity contribution in [2.24, 2.45) is 0 Å². The van der Waals surface area contributed by atoms with Crippen LogP contribution in [0.3, 0.4) is 0 Å². The summed E-state index contributed by atoms with van der Waals surface area (Å²) in [6.07, 6.45) is 0. The van der Waals surface area contributed by atoms with Crippen molar-refractivity contribution in [2.75, 3.05) is 4.90 Å². The Morgan fingerprint density at radius 1 is 0.258 bits per heavy atom. The zero-order valence-electron chi connectivity index (χ0n) is 33.9. The van der Waals surface area contributed by atoms with E-state index in [0.29, 0.717) is 0 Å². The highest BCUT2D eigenvalue weighted by molar-refractivity contribution is 6.26. The van der Waals surface area contributed by atoms with Crippen molar-refractivity contribution in [1.29, 1.82) is 0 Å². The van der Waals surface area contributed by atoms with Gasteiger partial charge < -0.3 is 9.32 Å². The molecule has 0 aliphatic heterocycles. The van der Waals surface area contributed by atoms with E-state index in [1.807, 2.05) is 0 Å². The number of anilines is 3. The molecular weight excluding hydrogens is 751 g/mol. The molecule has 11 aromatic carbocycles. The van der Waals surface area contributed by atoms with Crippen molar-refractivity contribution in [3.05, 3.63) is 237 Å². The van der Waals surface area contributed by atoms with Crippen LogP contribution in [0, 0.1) is 0 Å². The summed E-state index contributed by atoms with van der Waals surface area (Å²) in [4.78, 5) is 2.47. The highest BCUT2D eigenvalue weighted by Gasteiger charge is 2.26. The van der Waals surface area contributed by atoms with Gasteiger partial charge in [-0.1, -0.05) is 200 Å². The molecule has 0 unspecified atom stereocenters. The lowest BCUT2D eigenvalue weighted by molar-refractivity contribution is 0.670. The minimum Gasteiger partial charge on any atom is -0.455 e. The lowest BCUT2D eigenvalue weighted by Crippen LogP contribution is -2.13. The van der Waals surface area contributed by atoms with E-state index in [9.17, 15) is 0 Å². The second-order valence-electron chi connectivity index (χ2n) is 16.0. The summed E-state index contributed by atoms with van der Waals surface area (Å²) < 4.78 is 6.88. The molecule has 0 saturated heterocycles. The zero-order chi connectivity index (χ0) is 41.0. The molecule has 62 heavy (non-hydrogen) atoms. The molecule has 2 heteroatoms. The molecule has 12 rings (SSSR count). The van der Waals surface area contributed by atoms with E-state index >= 15 is 0 Å². The average Bonchev–Trinajstić information content (AvgIpc) is 3.75. The topological polar surface area (TPSA) is 16.4 Å². The molecule has 0 N–H and O–H groups in total. The molecule has 0 saturated carbocycles. The van der Waals surface area contributed by atoms with Crippen LogP contribution < -0.4 is 4.90 Å². The van der Waals surface area contributed by atoms with Gasteiger partial charge >= 0.3 is 0 Å². The highest BCUT2D eigenvalue weighted by atomic mass is 16.3. The Balaban J connectivity index is 1.13. The van der Waals surface area contributed by atoms with Crippen LogP contribution in [0.5, 0.6) is 0 Å². The van der Waals surface area contributed by atoms with Crippen LogP contribution in [-0.2, 0) is 0 Å². The fourth-order valence-corrected chi connectivity index (χ4v) is 9.60. The fraction of sp³-hybridized carbons (Fsp3) is 0. The summed E-state index contributed by atoms with van der Waals surface area (Å²) in [5.41, 5.74) is 14.0. The first kappa shape index (κ1) is 35.7. The smallest absolute Gasteiger partial charge is 0.145 e. The molecule has 12 aromatic rings. The van der Waals surface area contributed by atoms with Crippen LogP contribution in [0.4, 0.5) is 17.1 Å². The molecule has 0 radical (unpaired) electrons. The first-order chi connectivity index (χ1) is 30.8. The zero-order valence-corrected chi connectivity index (χ0v) is 33.9. The van der Waals surface area contributed by atoms with Crippen molar-refractivity contribution in [3.63, 3.8) is 0 Å². The molecule has 1 aromatic heterocycles. The molecule has 0 aliphatic carbocycles.